The minimum absolute atomic E-state index is 0.178. The molecule has 0 aliphatic carbocycles. The summed E-state index contributed by atoms with van der Waals surface area (Å²) in [5.41, 5.74) is -0.00646. The molecule has 0 aromatic heterocycles. The van der Waals surface area contributed by atoms with Crippen molar-refractivity contribution in [1.29, 1.82) is 0 Å². The van der Waals surface area contributed by atoms with Crippen LogP contribution in [0, 0.1) is 17.0 Å². The molecule has 0 amide bonds. The molecular weight excluding hydrogens is 312 g/mol. The summed E-state index contributed by atoms with van der Waals surface area (Å²) in [7, 11) is -4.05. The SMILES string of the molecule is CCCC[C@H](NS(=O)(=O)c1ccc([N+](=O)[O-])c(C)c1)C(=O)O. The van der Waals surface area contributed by atoms with Gasteiger partial charge in [0.25, 0.3) is 5.69 Å². The van der Waals surface area contributed by atoms with Gasteiger partial charge < -0.3 is 5.11 Å². The maximum Gasteiger partial charge on any atom is 0.321 e. The molecule has 0 fully saturated rings. The molecule has 8 nitrogen and oxygen atoms in total. The van der Waals surface area contributed by atoms with Gasteiger partial charge in [0.05, 0.1) is 9.82 Å². The summed E-state index contributed by atoms with van der Waals surface area (Å²) in [6, 6.07) is 2.11. The number of nitrogens with one attached hydrogen (secondary N) is 1. The molecule has 1 aromatic rings. The zero-order chi connectivity index (χ0) is 16.9. The molecule has 9 heteroatoms. The minimum Gasteiger partial charge on any atom is -0.480 e. The minimum atomic E-state index is -4.05. The number of carboxylic acid groups (broad SMARTS) is 1. The zero-order valence-electron chi connectivity index (χ0n) is 12.3. The summed E-state index contributed by atoms with van der Waals surface area (Å²) < 4.78 is 26.5. The van der Waals surface area contributed by atoms with Crippen LogP contribution in [0.1, 0.15) is 31.7 Å². The second kappa shape index (κ2) is 7.32. The van der Waals surface area contributed by atoms with Gasteiger partial charge in [-0.1, -0.05) is 19.8 Å². The number of nitro groups is 1. The van der Waals surface area contributed by atoms with Crippen molar-refractivity contribution in [2.75, 3.05) is 0 Å². The second-order valence-corrected chi connectivity index (χ2v) is 6.57. The summed E-state index contributed by atoms with van der Waals surface area (Å²) in [5, 5.41) is 19.8. The molecule has 0 aliphatic heterocycles. The number of hydrogen-bond acceptors (Lipinski definition) is 5. The normalized spacial score (nSPS) is 12.8. The van der Waals surface area contributed by atoms with Gasteiger partial charge in [-0.3, -0.25) is 14.9 Å². The summed E-state index contributed by atoms with van der Waals surface area (Å²) in [6.07, 6.45) is 1.48. The highest BCUT2D eigenvalue weighted by Crippen LogP contribution is 2.21. The van der Waals surface area contributed by atoms with Gasteiger partial charge >= 0.3 is 5.97 Å². The van der Waals surface area contributed by atoms with Gasteiger partial charge in [0.2, 0.25) is 10.0 Å². The van der Waals surface area contributed by atoms with Crippen molar-refractivity contribution < 1.29 is 23.2 Å². The molecule has 0 saturated heterocycles. The lowest BCUT2D eigenvalue weighted by Gasteiger charge is -2.14. The Morgan fingerprint density at radius 2 is 2.09 bits per heavy atom. The molecule has 2 N–H and O–H groups in total. The third kappa shape index (κ3) is 4.50. The van der Waals surface area contributed by atoms with Crippen molar-refractivity contribution in [2.45, 2.75) is 44.0 Å². The van der Waals surface area contributed by atoms with E-state index in [4.69, 9.17) is 5.11 Å². The smallest absolute Gasteiger partial charge is 0.321 e. The van der Waals surface area contributed by atoms with E-state index < -0.39 is 27.0 Å². The van der Waals surface area contributed by atoms with E-state index in [0.717, 1.165) is 24.6 Å². The lowest BCUT2D eigenvalue weighted by atomic mass is 10.1. The largest absolute Gasteiger partial charge is 0.480 e. The van der Waals surface area contributed by atoms with Gasteiger partial charge in [0.1, 0.15) is 6.04 Å². The molecular formula is C13H18N2O6S. The van der Waals surface area contributed by atoms with Gasteiger partial charge in [-0.25, -0.2) is 8.42 Å². The number of rotatable bonds is 8. The Hall–Kier alpha value is -2.00. The maximum atomic E-state index is 12.2. The Morgan fingerprint density at radius 1 is 1.45 bits per heavy atom. The van der Waals surface area contributed by atoms with E-state index in [1.807, 2.05) is 6.92 Å². The van der Waals surface area contributed by atoms with Crippen LogP contribution in [0.5, 0.6) is 0 Å². The number of carbonyl (C=O) groups is 1. The fraction of sp³-hybridized carbons (Fsp3) is 0.462. The molecule has 0 unspecified atom stereocenters. The first kappa shape index (κ1) is 18.1. The molecule has 0 radical (unpaired) electrons. The number of nitro benzene ring substituents is 1. The van der Waals surface area contributed by atoms with Gasteiger partial charge in [0, 0.05) is 11.6 Å². The third-order valence-corrected chi connectivity index (χ3v) is 4.59. The number of unbranched alkanes of at least 4 members (excludes halogenated alkanes) is 1. The monoisotopic (exact) mass is 330 g/mol. The van der Waals surface area contributed by atoms with E-state index in [-0.39, 0.29) is 22.6 Å². The molecule has 0 aliphatic rings. The average Bonchev–Trinajstić information content (AvgIpc) is 2.42. The Labute approximate surface area is 128 Å². The van der Waals surface area contributed by atoms with Crippen molar-refractivity contribution in [1.82, 2.24) is 4.72 Å². The van der Waals surface area contributed by atoms with E-state index in [1.165, 1.54) is 6.92 Å². The molecule has 0 saturated carbocycles. The lowest BCUT2D eigenvalue weighted by molar-refractivity contribution is -0.385. The molecule has 0 spiro atoms. The standard InChI is InChI=1S/C13H18N2O6S/c1-3-4-5-11(13(16)17)14-22(20,21)10-6-7-12(15(18)19)9(2)8-10/h6-8,11,14H,3-5H2,1-2H3,(H,16,17)/t11-/m0/s1. The first-order valence-electron chi connectivity index (χ1n) is 6.69. The van der Waals surface area contributed by atoms with Crippen LogP contribution in [0.4, 0.5) is 5.69 Å². The Kier molecular flexibility index (Phi) is 6.01. The first-order valence-corrected chi connectivity index (χ1v) is 8.17. The summed E-state index contributed by atoms with van der Waals surface area (Å²) in [6.45, 7) is 3.29. The maximum absolute atomic E-state index is 12.2. The first-order chi connectivity index (χ1) is 10.2. The molecule has 0 bridgehead atoms. The van der Waals surface area contributed by atoms with Crippen LogP contribution in [0.2, 0.25) is 0 Å². The van der Waals surface area contributed by atoms with Crippen molar-refractivity contribution >= 4 is 21.7 Å². The highest BCUT2D eigenvalue weighted by molar-refractivity contribution is 7.89. The van der Waals surface area contributed by atoms with Crippen molar-refractivity contribution in [3.8, 4) is 0 Å². The van der Waals surface area contributed by atoms with Crippen LogP contribution < -0.4 is 4.72 Å². The van der Waals surface area contributed by atoms with Gasteiger partial charge in [0.15, 0.2) is 0 Å². The van der Waals surface area contributed by atoms with E-state index in [2.05, 4.69) is 4.72 Å². The summed E-state index contributed by atoms with van der Waals surface area (Å²) >= 11 is 0. The van der Waals surface area contributed by atoms with Crippen LogP contribution in [-0.2, 0) is 14.8 Å². The molecule has 1 aromatic carbocycles. The summed E-state index contributed by atoms with van der Waals surface area (Å²) in [4.78, 5) is 21.0. The third-order valence-electron chi connectivity index (χ3n) is 3.12. The predicted molar refractivity (Wildman–Crippen MR) is 79.1 cm³/mol. The number of hydrogen-bond donors (Lipinski definition) is 2. The highest BCUT2D eigenvalue weighted by atomic mass is 32.2. The molecule has 1 rings (SSSR count). The number of nitrogens with zero attached hydrogens (tertiary/aromatic N) is 1. The number of aliphatic carboxylic acids is 1. The fourth-order valence-corrected chi connectivity index (χ4v) is 3.20. The summed E-state index contributed by atoms with van der Waals surface area (Å²) in [5.74, 6) is -1.25. The fourth-order valence-electron chi connectivity index (χ4n) is 1.90. The van der Waals surface area contributed by atoms with Crippen LogP contribution in [0.3, 0.4) is 0 Å². The topological polar surface area (TPSA) is 127 Å². The van der Waals surface area contributed by atoms with Crippen molar-refractivity contribution in [3.63, 3.8) is 0 Å². The number of benzene rings is 1. The molecule has 0 heterocycles. The Balaban J connectivity index is 3.05. The van der Waals surface area contributed by atoms with E-state index >= 15 is 0 Å². The second-order valence-electron chi connectivity index (χ2n) is 4.86. The Morgan fingerprint density at radius 3 is 2.55 bits per heavy atom. The van der Waals surface area contributed by atoms with E-state index in [1.54, 1.807) is 0 Å². The molecule has 22 heavy (non-hydrogen) atoms. The van der Waals surface area contributed by atoms with Crippen LogP contribution in [0.25, 0.3) is 0 Å². The molecule has 122 valence electrons. The van der Waals surface area contributed by atoms with Gasteiger partial charge in [-0.05, 0) is 25.5 Å². The predicted octanol–water partition coefficient (Wildman–Crippen LogP) is 1.82. The zero-order valence-corrected chi connectivity index (χ0v) is 13.1. The van der Waals surface area contributed by atoms with Crippen LogP contribution >= 0.6 is 0 Å². The van der Waals surface area contributed by atoms with Gasteiger partial charge in [-0.2, -0.15) is 4.72 Å². The van der Waals surface area contributed by atoms with E-state index in [0.29, 0.717) is 6.42 Å². The number of aryl methyl sites for hydroxylation is 1. The van der Waals surface area contributed by atoms with Gasteiger partial charge in [-0.15, -0.1) is 0 Å². The lowest BCUT2D eigenvalue weighted by Crippen LogP contribution is -2.40. The van der Waals surface area contributed by atoms with E-state index in [9.17, 15) is 23.3 Å². The highest BCUT2D eigenvalue weighted by Gasteiger charge is 2.26. The quantitative estimate of drug-likeness (QED) is 0.553. The van der Waals surface area contributed by atoms with Crippen LogP contribution in [-0.4, -0.2) is 30.5 Å². The van der Waals surface area contributed by atoms with Crippen LogP contribution in [0.15, 0.2) is 23.1 Å². The number of carboxylic acids is 1. The number of sulfonamides is 1. The Bertz CT molecular complexity index is 671. The van der Waals surface area contributed by atoms with Crippen molar-refractivity contribution in [2.24, 2.45) is 0 Å². The van der Waals surface area contributed by atoms with Crippen molar-refractivity contribution in [3.05, 3.63) is 33.9 Å². The molecule has 1 atom stereocenters. The average molecular weight is 330 g/mol.